The largest absolute Gasteiger partial charge is 0.478 e. The Kier molecular flexibility index (Phi) is 3.51. The molecule has 0 atom stereocenters. The molecule has 0 amide bonds. The first-order valence-electron chi connectivity index (χ1n) is 3.63. The van der Waals surface area contributed by atoms with E-state index in [0.717, 1.165) is 6.07 Å². The highest BCUT2D eigenvalue weighted by atomic mass is 79.9. The molecular weight excluding hydrogens is 260 g/mol. The van der Waals surface area contributed by atoms with Gasteiger partial charge >= 0.3 is 5.97 Å². The van der Waals surface area contributed by atoms with E-state index in [1.807, 2.05) is 0 Å². The predicted octanol–water partition coefficient (Wildman–Crippen LogP) is 2.61. The van der Waals surface area contributed by atoms with E-state index in [1.165, 1.54) is 6.07 Å². The van der Waals surface area contributed by atoms with Crippen molar-refractivity contribution in [3.05, 3.63) is 29.1 Å². The number of carboxylic acids is 1. The third-order valence-electron chi connectivity index (χ3n) is 1.51. The monoisotopic (exact) mass is 265 g/mol. The van der Waals surface area contributed by atoms with Crippen molar-refractivity contribution in [2.24, 2.45) is 0 Å². The Labute approximate surface area is 86.9 Å². The Balaban J connectivity index is 3.20. The van der Waals surface area contributed by atoms with Crippen LogP contribution in [0.3, 0.4) is 0 Å². The topological polar surface area (TPSA) is 50.2 Å². The summed E-state index contributed by atoms with van der Waals surface area (Å²) >= 11 is 3.02. The summed E-state index contributed by atoms with van der Waals surface area (Å²) in [6.07, 6.45) is -2.76. The molecule has 0 aromatic carbocycles. The van der Waals surface area contributed by atoms with Gasteiger partial charge in [-0.15, -0.1) is 0 Å². The van der Waals surface area contributed by atoms with Crippen molar-refractivity contribution in [3.63, 3.8) is 0 Å². The lowest BCUT2D eigenvalue weighted by Crippen LogP contribution is -2.02. The minimum absolute atomic E-state index is 0.176. The van der Waals surface area contributed by atoms with E-state index >= 15 is 0 Å². The molecule has 14 heavy (non-hydrogen) atoms. The molecule has 0 saturated carbocycles. The van der Waals surface area contributed by atoms with Gasteiger partial charge in [0.1, 0.15) is 5.69 Å². The first-order chi connectivity index (χ1) is 6.54. The van der Waals surface area contributed by atoms with Gasteiger partial charge in [-0.1, -0.05) is 15.9 Å². The van der Waals surface area contributed by atoms with E-state index in [-0.39, 0.29) is 16.6 Å². The summed E-state index contributed by atoms with van der Waals surface area (Å²) in [6.45, 7) is 0. The van der Waals surface area contributed by atoms with Gasteiger partial charge in [-0.05, 0) is 12.1 Å². The van der Waals surface area contributed by atoms with Crippen molar-refractivity contribution in [2.75, 3.05) is 0 Å². The van der Waals surface area contributed by atoms with Crippen LogP contribution in [0.1, 0.15) is 28.2 Å². The number of pyridine rings is 1. The molecule has 0 radical (unpaired) electrons. The van der Waals surface area contributed by atoms with E-state index < -0.39 is 18.1 Å². The lowest BCUT2D eigenvalue weighted by Gasteiger charge is -2.03. The zero-order chi connectivity index (χ0) is 10.7. The second-order valence-corrected chi connectivity index (χ2v) is 3.07. The quantitative estimate of drug-likeness (QED) is 0.855. The molecule has 0 saturated heterocycles. The van der Waals surface area contributed by atoms with Crippen LogP contribution in [0.25, 0.3) is 0 Å². The van der Waals surface area contributed by atoms with Crippen molar-refractivity contribution in [1.29, 1.82) is 0 Å². The Hall–Kier alpha value is -1.04. The smallest absolute Gasteiger partial charge is 0.335 e. The predicted molar refractivity (Wildman–Crippen MR) is 48.8 cm³/mol. The Bertz CT molecular complexity index is 357. The normalized spacial score (nSPS) is 10.6. The number of hydrogen-bond donors (Lipinski definition) is 1. The van der Waals surface area contributed by atoms with Crippen molar-refractivity contribution >= 4 is 21.9 Å². The highest BCUT2D eigenvalue weighted by molar-refractivity contribution is 9.08. The van der Waals surface area contributed by atoms with Gasteiger partial charge in [-0.2, -0.15) is 0 Å². The fraction of sp³-hybridized carbons (Fsp3) is 0.250. The van der Waals surface area contributed by atoms with Crippen LogP contribution in [0.15, 0.2) is 12.1 Å². The zero-order valence-corrected chi connectivity index (χ0v) is 8.46. The molecule has 0 unspecified atom stereocenters. The summed E-state index contributed by atoms with van der Waals surface area (Å²) in [5, 5.41) is 8.87. The molecule has 1 heterocycles. The van der Waals surface area contributed by atoms with Gasteiger partial charge in [-0.25, -0.2) is 13.6 Å². The number of carbonyl (C=O) groups is 1. The molecule has 6 heteroatoms. The standard InChI is InChI=1S/C8H6BrF2NO2/c9-3-5-1-4(8(13)14)2-6(12-5)7(10)11/h1-2,7H,3H2,(H,13,14). The third-order valence-corrected chi connectivity index (χ3v) is 2.08. The first-order valence-corrected chi connectivity index (χ1v) is 4.75. The van der Waals surface area contributed by atoms with Crippen LogP contribution >= 0.6 is 15.9 Å². The number of rotatable bonds is 3. The van der Waals surface area contributed by atoms with E-state index in [2.05, 4.69) is 20.9 Å². The van der Waals surface area contributed by atoms with E-state index in [9.17, 15) is 13.6 Å². The molecule has 1 aromatic rings. The summed E-state index contributed by atoms with van der Waals surface area (Å²) < 4.78 is 24.5. The lowest BCUT2D eigenvalue weighted by atomic mass is 10.2. The summed E-state index contributed by atoms with van der Waals surface area (Å²) in [4.78, 5) is 14.1. The first kappa shape index (κ1) is 11.0. The van der Waals surface area contributed by atoms with Gasteiger partial charge in [0.25, 0.3) is 6.43 Å². The molecule has 0 aliphatic carbocycles. The number of aromatic carboxylic acids is 1. The van der Waals surface area contributed by atoms with Crippen LogP contribution in [0.2, 0.25) is 0 Å². The molecular formula is C8H6BrF2NO2. The third kappa shape index (κ3) is 2.47. The van der Waals surface area contributed by atoms with Crippen molar-refractivity contribution in [3.8, 4) is 0 Å². The SMILES string of the molecule is O=C(O)c1cc(CBr)nc(C(F)F)c1. The van der Waals surface area contributed by atoms with Crippen LogP contribution in [0, 0.1) is 0 Å². The number of alkyl halides is 3. The Morgan fingerprint density at radius 2 is 2.21 bits per heavy atom. The maximum absolute atomic E-state index is 12.3. The summed E-state index contributed by atoms with van der Waals surface area (Å²) in [5.74, 6) is -1.24. The van der Waals surface area contributed by atoms with Crippen LogP contribution in [-0.2, 0) is 5.33 Å². The van der Waals surface area contributed by atoms with Gasteiger partial charge < -0.3 is 5.11 Å². The molecule has 3 nitrogen and oxygen atoms in total. The fourth-order valence-electron chi connectivity index (χ4n) is 0.915. The minimum atomic E-state index is -2.76. The van der Waals surface area contributed by atoms with Crippen LogP contribution in [-0.4, -0.2) is 16.1 Å². The van der Waals surface area contributed by atoms with E-state index in [4.69, 9.17) is 5.11 Å². The molecule has 1 rings (SSSR count). The van der Waals surface area contributed by atoms with Gasteiger partial charge in [0, 0.05) is 5.33 Å². The number of hydrogen-bond acceptors (Lipinski definition) is 2. The molecule has 0 fully saturated rings. The van der Waals surface area contributed by atoms with E-state index in [1.54, 1.807) is 0 Å². The average molecular weight is 266 g/mol. The van der Waals surface area contributed by atoms with Crippen LogP contribution in [0.5, 0.6) is 0 Å². The van der Waals surface area contributed by atoms with Crippen molar-refractivity contribution in [1.82, 2.24) is 4.98 Å². The van der Waals surface area contributed by atoms with Crippen LogP contribution in [0.4, 0.5) is 8.78 Å². The maximum Gasteiger partial charge on any atom is 0.335 e. The summed E-state index contributed by atoms with van der Waals surface area (Å²) in [5.41, 5.74) is -0.413. The Morgan fingerprint density at radius 3 is 2.64 bits per heavy atom. The fourth-order valence-corrected chi connectivity index (χ4v) is 1.20. The molecule has 1 aromatic heterocycles. The molecule has 0 bridgehead atoms. The molecule has 76 valence electrons. The lowest BCUT2D eigenvalue weighted by molar-refractivity contribution is 0.0696. The van der Waals surface area contributed by atoms with Gasteiger partial charge in [0.15, 0.2) is 0 Å². The second-order valence-electron chi connectivity index (χ2n) is 2.51. The molecule has 0 spiro atoms. The minimum Gasteiger partial charge on any atom is -0.478 e. The maximum atomic E-state index is 12.3. The van der Waals surface area contributed by atoms with Gasteiger partial charge in [-0.3, -0.25) is 4.98 Å². The van der Waals surface area contributed by atoms with Crippen molar-refractivity contribution in [2.45, 2.75) is 11.8 Å². The second kappa shape index (κ2) is 4.45. The zero-order valence-electron chi connectivity index (χ0n) is 6.88. The van der Waals surface area contributed by atoms with Crippen LogP contribution < -0.4 is 0 Å². The number of nitrogens with zero attached hydrogens (tertiary/aromatic N) is 1. The number of halogens is 3. The summed E-state index contributed by atoms with van der Waals surface area (Å²) in [7, 11) is 0. The van der Waals surface area contributed by atoms with Gasteiger partial charge in [0.05, 0.1) is 11.3 Å². The molecule has 1 N–H and O–H groups in total. The van der Waals surface area contributed by atoms with E-state index in [0.29, 0.717) is 0 Å². The summed E-state index contributed by atoms with van der Waals surface area (Å²) in [6, 6.07) is 2.13. The average Bonchev–Trinajstić information content (AvgIpc) is 2.16. The van der Waals surface area contributed by atoms with Crippen molar-refractivity contribution < 1.29 is 18.7 Å². The number of aromatic nitrogens is 1. The molecule has 0 aliphatic rings. The highest BCUT2D eigenvalue weighted by Crippen LogP contribution is 2.19. The Morgan fingerprint density at radius 1 is 1.57 bits per heavy atom. The molecule has 0 aliphatic heterocycles. The van der Waals surface area contributed by atoms with Gasteiger partial charge in [0.2, 0.25) is 0 Å². The highest BCUT2D eigenvalue weighted by Gasteiger charge is 2.14. The number of carboxylic acid groups (broad SMARTS) is 1.